The number of nitrogens with zero attached hydrogens (tertiary/aromatic N) is 3. The van der Waals surface area contributed by atoms with Crippen LogP contribution in [0.15, 0.2) is 67.3 Å². The van der Waals surface area contributed by atoms with E-state index in [1.54, 1.807) is 49.1 Å². The third-order valence-corrected chi connectivity index (χ3v) is 5.45. The molecule has 1 fully saturated rings. The summed E-state index contributed by atoms with van der Waals surface area (Å²) in [5, 5.41) is 0. The number of benzene rings is 1. The van der Waals surface area contributed by atoms with Crippen molar-refractivity contribution in [3.63, 3.8) is 0 Å². The Kier molecular flexibility index (Phi) is 5.23. The predicted molar refractivity (Wildman–Crippen MR) is 111 cm³/mol. The number of carbonyl (C=O) groups excluding carboxylic acids is 3. The summed E-state index contributed by atoms with van der Waals surface area (Å²) >= 11 is 0. The molecule has 4 rings (SSSR count). The van der Waals surface area contributed by atoms with Crippen LogP contribution in [-0.4, -0.2) is 32.3 Å². The van der Waals surface area contributed by atoms with Gasteiger partial charge < -0.3 is 4.90 Å². The van der Waals surface area contributed by atoms with Gasteiger partial charge in [0.05, 0.1) is 6.04 Å². The van der Waals surface area contributed by atoms with Crippen molar-refractivity contribution in [1.29, 1.82) is 0 Å². The maximum atomic E-state index is 13.5. The second-order valence-corrected chi connectivity index (χ2v) is 7.55. The van der Waals surface area contributed by atoms with Crippen LogP contribution in [0.1, 0.15) is 38.7 Å². The third-order valence-electron chi connectivity index (χ3n) is 5.45. The maximum absolute atomic E-state index is 13.5. The van der Waals surface area contributed by atoms with Crippen LogP contribution in [-0.2, 0) is 16.1 Å². The van der Waals surface area contributed by atoms with Gasteiger partial charge in [0.1, 0.15) is 5.92 Å². The highest BCUT2D eigenvalue weighted by Crippen LogP contribution is 2.39. The van der Waals surface area contributed by atoms with Crippen LogP contribution in [0.25, 0.3) is 0 Å². The van der Waals surface area contributed by atoms with Gasteiger partial charge >= 0.3 is 0 Å². The standard InChI is InChI=1S/C24H21N3O3/c1-15-7-8-16(2)19(11-15)22(28)20-21(18-6-4-10-26-13-18)27(24(30)23(20)29)14-17-5-3-9-25-12-17/h3-13,20-21H,14H2,1-2H3. The Morgan fingerprint density at radius 1 is 1.00 bits per heavy atom. The van der Waals surface area contributed by atoms with Gasteiger partial charge in [0.2, 0.25) is 5.78 Å². The number of pyridine rings is 2. The molecule has 6 heteroatoms. The number of amides is 1. The van der Waals surface area contributed by atoms with Gasteiger partial charge in [0.15, 0.2) is 5.78 Å². The van der Waals surface area contributed by atoms with Gasteiger partial charge in [-0.2, -0.15) is 0 Å². The minimum absolute atomic E-state index is 0.189. The van der Waals surface area contributed by atoms with Gasteiger partial charge in [-0.15, -0.1) is 0 Å². The SMILES string of the molecule is Cc1ccc(C)c(C(=O)C2C(=O)C(=O)N(Cc3cccnc3)C2c2cccnc2)c1. The van der Waals surface area contributed by atoms with Crippen molar-refractivity contribution in [2.24, 2.45) is 5.92 Å². The summed E-state index contributed by atoms with van der Waals surface area (Å²) in [5.74, 6) is -2.79. The molecule has 0 radical (unpaired) electrons. The minimum atomic E-state index is -1.11. The average Bonchev–Trinajstić information content (AvgIpc) is 3.01. The molecule has 3 aromatic rings. The average molecular weight is 399 g/mol. The zero-order valence-electron chi connectivity index (χ0n) is 16.8. The molecule has 2 unspecified atom stereocenters. The van der Waals surface area contributed by atoms with E-state index in [0.29, 0.717) is 11.1 Å². The summed E-state index contributed by atoms with van der Waals surface area (Å²) in [6.07, 6.45) is 6.52. The largest absolute Gasteiger partial charge is 0.323 e. The van der Waals surface area contributed by atoms with Gasteiger partial charge in [-0.1, -0.05) is 29.8 Å². The first-order chi connectivity index (χ1) is 14.5. The predicted octanol–water partition coefficient (Wildman–Crippen LogP) is 3.25. The Balaban J connectivity index is 1.80. The molecule has 2 aromatic heterocycles. The van der Waals surface area contributed by atoms with Crippen molar-refractivity contribution >= 4 is 17.5 Å². The van der Waals surface area contributed by atoms with Crippen molar-refractivity contribution in [3.8, 4) is 0 Å². The number of rotatable bonds is 5. The Labute approximate surface area is 174 Å². The first-order valence-corrected chi connectivity index (χ1v) is 9.72. The second-order valence-electron chi connectivity index (χ2n) is 7.55. The van der Waals surface area contributed by atoms with Gasteiger partial charge in [0, 0.05) is 36.9 Å². The monoisotopic (exact) mass is 399 g/mol. The molecule has 1 aliphatic rings. The molecule has 0 bridgehead atoms. The molecule has 2 atom stereocenters. The van der Waals surface area contributed by atoms with Gasteiger partial charge in [-0.25, -0.2) is 0 Å². The number of ketones is 2. The number of Topliss-reactive ketones (excluding diaryl/α,β-unsaturated/α-hetero) is 2. The number of likely N-dealkylation sites (tertiary alicyclic amines) is 1. The Morgan fingerprint density at radius 2 is 1.73 bits per heavy atom. The van der Waals surface area contributed by atoms with Crippen LogP contribution in [0.5, 0.6) is 0 Å². The number of aryl methyl sites for hydroxylation is 2. The number of hydrogen-bond acceptors (Lipinski definition) is 5. The van der Waals surface area contributed by atoms with Crippen molar-refractivity contribution < 1.29 is 14.4 Å². The lowest BCUT2D eigenvalue weighted by atomic mass is 9.85. The Morgan fingerprint density at radius 3 is 2.40 bits per heavy atom. The molecule has 0 N–H and O–H groups in total. The third kappa shape index (κ3) is 3.52. The molecule has 150 valence electrons. The number of carbonyl (C=O) groups is 3. The molecule has 0 aliphatic carbocycles. The lowest BCUT2D eigenvalue weighted by molar-refractivity contribution is -0.141. The lowest BCUT2D eigenvalue weighted by Gasteiger charge is -2.27. The van der Waals surface area contributed by atoms with E-state index < -0.39 is 23.7 Å². The fourth-order valence-corrected chi connectivity index (χ4v) is 3.94. The van der Waals surface area contributed by atoms with E-state index in [1.165, 1.54) is 4.90 Å². The van der Waals surface area contributed by atoms with Crippen LogP contribution in [0, 0.1) is 19.8 Å². The zero-order valence-corrected chi connectivity index (χ0v) is 16.8. The molecule has 30 heavy (non-hydrogen) atoms. The highest BCUT2D eigenvalue weighted by Gasteiger charge is 2.51. The number of hydrogen-bond donors (Lipinski definition) is 0. The lowest BCUT2D eigenvalue weighted by Crippen LogP contribution is -2.30. The van der Waals surface area contributed by atoms with E-state index in [1.807, 2.05) is 32.0 Å². The highest BCUT2D eigenvalue weighted by atomic mass is 16.2. The molecule has 1 aromatic carbocycles. The Bertz CT molecular complexity index is 1110. The molecular weight excluding hydrogens is 378 g/mol. The fourth-order valence-electron chi connectivity index (χ4n) is 3.94. The highest BCUT2D eigenvalue weighted by molar-refractivity contribution is 6.44. The summed E-state index contributed by atoms with van der Waals surface area (Å²) in [7, 11) is 0. The van der Waals surface area contributed by atoms with Crippen molar-refractivity contribution in [2.75, 3.05) is 0 Å². The van der Waals surface area contributed by atoms with Crippen molar-refractivity contribution in [1.82, 2.24) is 14.9 Å². The smallest absolute Gasteiger partial charge is 0.291 e. The summed E-state index contributed by atoms with van der Waals surface area (Å²) in [4.78, 5) is 49.3. The first kappa shape index (κ1) is 19.6. The molecule has 1 saturated heterocycles. The Hall–Kier alpha value is -3.67. The van der Waals surface area contributed by atoms with E-state index in [0.717, 1.165) is 16.7 Å². The van der Waals surface area contributed by atoms with Crippen molar-refractivity contribution in [3.05, 3.63) is 95.1 Å². The van der Waals surface area contributed by atoms with E-state index in [-0.39, 0.29) is 12.3 Å². The van der Waals surface area contributed by atoms with Crippen molar-refractivity contribution in [2.45, 2.75) is 26.4 Å². The summed E-state index contributed by atoms with van der Waals surface area (Å²) < 4.78 is 0. The quantitative estimate of drug-likeness (QED) is 0.374. The topological polar surface area (TPSA) is 80.2 Å². The summed E-state index contributed by atoms with van der Waals surface area (Å²) in [6.45, 7) is 3.92. The fraction of sp³-hybridized carbons (Fsp3) is 0.208. The maximum Gasteiger partial charge on any atom is 0.291 e. The van der Waals surface area contributed by atoms with E-state index in [2.05, 4.69) is 9.97 Å². The second kappa shape index (κ2) is 7.99. The van der Waals surface area contributed by atoms with Gasteiger partial charge in [-0.05, 0) is 48.7 Å². The van der Waals surface area contributed by atoms with Crippen LogP contribution in [0.4, 0.5) is 0 Å². The van der Waals surface area contributed by atoms with E-state index >= 15 is 0 Å². The normalized spacial score (nSPS) is 18.7. The molecule has 1 amide bonds. The molecule has 6 nitrogen and oxygen atoms in total. The van der Waals surface area contributed by atoms with Crippen LogP contribution >= 0.6 is 0 Å². The minimum Gasteiger partial charge on any atom is -0.323 e. The molecule has 1 aliphatic heterocycles. The summed E-state index contributed by atoms with van der Waals surface area (Å²) in [5.41, 5.74) is 3.61. The number of aromatic nitrogens is 2. The van der Waals surface area contributed by atoms with E-state index in [9.17, 15) is 14.4 Å². The first-order valence-electron chi connectivity index (χ1n) is 9.72. The van der Waals surface area contributed by atoms with Crippen LogP contribution in [0.2, 0.25) is 0 Å². The zero-order chi connectivity index (χ0) is 21.3. The van der Waals surface area contributed by atoms with E-state index in [4.69, 9.17) is 0 Å². The molecule has 0 saturated carbocycles. The van der Waals surface area contributed by atoms with Crippen LogP contribution in [0.3, 0.4) is 0 Å². The molecular formula is C24H21N3O3. The summed E-state index contributed by atoms with van der Waals surface area (Å²) in [6, 6.07) is 12.0. The van der Waals surface area contributed by atoms with Gasteiger partial charge in [-0.3, -0.25) is 24.4 Å². The molecule has 3 heterocycles. The van der Waals surface area contributed by atoms with Crippen LogP contribution < -0.4 is 0 Å². The molecule has 0 spiro atoms. The van der Waals surface area contributed by atoms with Gasteiger partial charge in [0.25, 0.3) is 5.91 Å².